The van der Waals surface area contributed by atoms with Crippen LogP contribution in [0.15, 0.2) is 0 Å². The Kier molecular flexibility index (Phi) is 29.9. The normalized spacial score (nSPS) is 29.8. The molecule has 4 aliphatic carbocycles. The summed E-state index contributed by atoms with van der Waals surface area (Å²) in [6.07, 6.45) is 5.81. The largest absolute Gasteiger partial charge is 0.393 e. The molecule has 3 aliphatic heterocycles. The van der Waals surface area contributed by atoms with Crippen LogP contribution in [0.4, 0.5) is 13.2 Å². The molecule has 0 aromatic heterocycles. The molecule has 7 fully saturated rings. The van der Waals surface area contributed by atoms with E-state index in [1.165, 1.54) is 68.9 Å². The lowest BCUT2D eigenvalue weighted by molar-refractivity contribution is -0.182. The lowest BCUT2D eigenvalue weighted by Crippen LogP contribution is -2.65. The Hall–Kier alpha value is -6.61. The smallest absolute Gasteiger partial charge is 0.343 e. The second kappa shape index (κ2) is 36.9. The predicted octanol–water partition coefficient (Wildman–Crippen LogP) is 5.66. The van der Waals surface area contributed by atoms with Crippen LogP contribution < -0.4 is 16.0 Å². The highest BCUT2D eigenvalue weighted by Crippen LogP contribution is 2.44. The topological polar surface area (TPSA) is 287 Å². The van der Waals surface area contributed by atoms with E-state index in [2.05, 4.69) is 16.0 Å². The summed E-state index contributed by atoms with van der Waals surface area (Å²) in [5, 5.41) is 7.36. The molecule has 3 heterocycles. The first-order valence-corrected chi connectivity index (χ1v) is 38.1. The number of halogens is 4. The van der Waals surface area contributed by atoms with E-state index in [4.69, 9.17) is 11.6 Å². The molecule has 3 unspecified atom stereocenters. The molecule has 7 rings (SSSR count). The Bertz CT molecular complexity index is 3010. The van der Waals surface area contributed by atoms with Gasteiger partial charge in [0.25, 0.3) is 0 Å². The number of carbonyl (C=O) groups is 13. The van der Waals surface area contributed by atoms with Crippen molar-refractivity contribution in [3.63, 3.8) is 0 Å². The second-order valence-corrected chi connectivity index (χ2v) is 31.8. The fourth-order valence-corrected chi connectivity index (χ4v) is 17.2. The van der Waals surface area contributed by atoms with E-state index in [1.807, 2.05) is 20.8 Å². The molecular formula is C73H116ClF3N12O13. The highest BCUT2D eigenvalue weighted by Gasteiger charge is 2.53. The first-order chi connectivity index (χ1) is 48.1. The Morgan fingerprint density at radius 2 is 1.17 bits per heavy atom. The standard InChI is InChI=1S/C73H116ClF3N12O13/c1-12-46(4)62-69(100)83(7)43-60(93)81(5)44-61(94)85(9)56(38-47-24-16-13-17-25-47)67(98)82(6)42-58(91)78-53(31-29-48-28-30-51(52(74)37-48)73(75,76)77)66(97)89-41-50(90)39-55(89)65(96)80-72(32-20-21-33-72)71(102)87(11)63(49-26-18-14-19-27-49)70(101)86(10)57(68(99)88-34-22-15-23-35-88)40-59(92)84(8)54(36-45(2)3)64(95)79-62/h45-49,51-57,62-63H,12-44H2,1-11H3,(H,78,91)(H,79,95)(H,80,96)/t46-,48?,51?,52?,53-,54-,55-,56-,57-,62-,63-/m0/s1. The molecule has 11 atom stereocenters. The van der Waals surface area contributed by atoms with Gasteiger partial charge in [0.05, 0.1) is 38.5 Å². The number of rotatable bonds is 11. The molecule has 102 heavy (non-hydrogen) atoms. The molecule has 3 N–H and O–H groups in total. The molecule has 4 saturated carbocycles. The first-order valence-electron chi connectivity index (χ1n) is 37.6. The van der Waals surface area contributed by atoms with Crippen LogP contribution in [0.5, 0.6) is 0 Å². The van der Waals surface area contributed by atoms with Gasteiger partial charge in [-0.05, 0) is 119 Å². The first kappa shape index (κ1) is 82.7. The molecule has 0 aromatic rings. The fraction of sp³-hybridized carbons (Fsp3) is 0.822. The van der Waals surface area contributed by atoms with Gasteiger partial charge in [0.15, 0.2) is 5.78 Å². The SMILES string of the molecule is CC[C@H](C)[C@@H]1NC(=O)[C@H](CC(C)C)N(C)C(=O)C[C@@H](C(=O)N2CCCCC2)N(C)C(=O)[C@H](C2CCCCC2)N(C)C(=O)C2(CCCC2)NC(=O)[C@@H]2CC(=O)CN2C(=O)[C@H](CCC2CCC(C(F)(F)F)C(Cl)C2)NC(=O)CN(C)C(=O)[C@H](CC2CCCCC2)N(C)C(=O)CN(C)C(=O)CN(C)C1=O. The van der Waals surface area contributed by atoms with Crippen molar-refractivity contribution in [2.75, 3.05) is 88.6 Å². The zero-order chi connectivity index (χ0) is 75.2. The predicted molar refractivity (Wildman–Crippen MR) is 375 cm³/mol. The summed E-state index contributed by atoms with van der Waals surface area (Å²) in [5.74, 6) is -12.1. The summed E-state index contributed by atoms with van der Waals surface area (Å²) in [7, 11) is 9.91. The van der Waals surface area contributed by atoms with Crippen molar-refractivity contribution in [3.05, 3.63) is 0 Å². The number of carbonyl (C=O) groups excluding carboxylic acids is 13. The van der Waals surface area contributed by atoms with Crippen molar-refractivity contribution in [1.82, 2.24) is 60.0 Å². The number of Topliss-reactive ketones (excluding diaryl/α,β-unsaturated/α-hetero) is 1. The number of piperidine rings is 1. The number of alkyl halides is 4. The van der Waals surface area contributed by atoms with E-state index in [-0.39, 0.29) is 69.6 Å². The summed E-state index contributed by atoms with van der Waals surface area (Å²) in [6, 6.07) is -9.22. The van der Waals surface area contributed by atoms with E-state index >= 15 is 28.8 Å². The average Bonchev–Trinajstić information content (AvgIpc) is 1.45. The minimum atomic E-state index is -4.54. The van der Waals surface area contributed by atoms with Gasteiger partial charge >= 0.3 is 6.18 Å². The monoisotopic (exact) mass is 1460 g/mol. The molecular weight excluding hydrogens is 1350 g/mol. The third kappa shape index (κ3) is 20.9. The van der Waals surface area contributed by atoms with Crippen LogP contribution in [-0.4, -0.2) is 269 Å². The Morgan fingerprint density at radius 3 is 1.76 bits per heavy atom. The Labute approximate surface area is 605 Å². The highest BCUT2D eigenvalue weighted by atomic mass is 35.5. The van der Waals surface area contributed by atoms with Gasteiger partial charge in [-0.1, -0.05) is 98.3 Å². The number of nitrogens with one attached hydrogen (secondary N) is 3. The molecule has 0 radical (unpaired) electrons. The summed E-state index contributed by atoms with van der Waals surface area (Å²) in [4.78, 5) is 205. The maximum absolute atomic E-state index is 15.8. The van der Waals surface area contributed by atoms with Crippen LogP contribution in [-0.2, 0) is 62.3 Å². The van der Waals surface area contributed by atoms with Crippen molar-refractivity contribution >= 4 is 88.3 Å². The molecule has 0 aromatic carbocycles. The molecule has 7 aliphatic rings. The number of likely N-dealkylation sites (N-methyl/N-ethyl adjacent to an activating group) is 7. The minimum Gasteiger partial charge on any atom is -0.343 e. The maximum Gasteiger partial charge on any atom is 0.393 e. The van der Waals surface area contributed by atoms with Crippen LogP contribution in [0.25, 0.3) is 0 Å². The summed E-state index contributed by atoms with van der Waals surface area (Å²) >= 11 is 6.39. The van der Waals surface area contributed by atoms with E-state index in [9.17, 15) is 46.7 Å². The van der Waals surface area contributed by atoms with Crippen LogP contribution in [0.1, 0.15) is 201 Å². The van der Waals surface area contributed by atoms with Crippen molar-refractivity contribution in [3.8, 4) is 0 Å². The van der Waals surface area contributed by atoms with Crippen molar-refractivity contribution in [2.24, 2.45) is 35.5 Å². The van der Waals surface area contributed by atoms with Gasteiger partial charge in [-0.25, -0.2) is 0 Å². The lowest BCUT2D eigenvalue weighted by atomic mass is 9.78. The van der Waals surface area contributed by atoms with Crippen molar-refractivity contribution in [1.29, 1.82) is 0 Å². The third-order valence-corrected chi connectivity index (χ3v) is 23.8. The summed E-state index contributed by atoms with van der Waals surface area (Å²) in [5.41, 5.74) is -1.67. The number of likely N-dealkylation sites (tertiary alicyclic amines) is 1. The van der Waals surface area contributed by atoms with Crippen LogP contribution in [0.3, 0.4) is 0 Å². The van der Waals surface area contributed by atoms with E-state index in [0.717, 1.165) is 77.4 Å². The van der Waals surface area contributed by atoms with E-state index < -0.39 is 199 Å². The molecule has 3 saturated heterocycles. The molecule has 0 bridgehead atoms. The second-order valence-electron chi connectivity index (χ2n) is 31.3. The number of fused-ring (bicyclic) bond motifs is 1. The molecule has 574 valence electrons. The van der Waals surface area contributed by atoms with Gasteiger partial charge in [0, 0.05) is 74.2 Å². The summed E-state index contributed by atoms with van der Waals surface area (Å²) in [6.45, 7) is 5.74. The van der Waals surface area contributed by atoms with Gasteiger partial charge in [-0.15, -0.1) is 11.6 Å². The van der Waals surface area contributed by atoms with Gasteiger partial charge in [0.1, 0.15) is 47.8 Å². The third-order valence-electron chi connectivity index (χ3n) is 23.3. The molecule has 25 nitrogen and oxygen atoms in total. The zero-order valence-electron chi connectivity index (χ0n) is 62.3. The number of hydrogen-bond donors (Lipinski definition) is 3. The average molecular weight is 1460 g/mol. The van der Waals surface area contributed by atoms with Crippen molar-refractivity contribution < 1.29 is 75.5 Å². The maximum atomic E-state index is 15.8. The zero-order valence-corrected chi connectivity index (χ0v) is 63.0. The Balaban J connectivity index is 1.29. The molecule has 1 spiro atoms. The number of hydrogen-bond acceptors (Lipinski definition) is 13. The number of ketones is 1. The lowest BCUT2D eigenvalue weighted by Gasteiger charge is -2.43. The van der Waals surface area contributed by atoms with Gasteiger partial charge < -0.3 is 60.0 Å². The number of nitrogens with zero attached hydrogens (tertiary/aromatic N) is 9. The highest BCUT2D eigenvalue weighted by molar-refractivity contribution is 6.21. The minimum absolute atomic E-state index is 0.00392. The van der Waals surface area contributed by atoms with Crippen molar-refractivity contribution in [2.45, 2.75) is 260 Å². The quantitative estimate of drug-likeness (QED) is 0.211. The van der Waals surface area contributed by atoms with Gasteiger partial charge in [-0.3, -0.25) is 62.3 Å². The fourth-order valence-electron chi connectivity index (χ4n) is 16.7. The Morgan fingerprint density at radius 1 is 0.578 bits per heavy atom. The summed E-state index contributed by atoms with van der Waals surface area (Å²) < 4.78 is 42.1. The molecule has 12 amide bonds. The van der Waals surface area contributed by atoms with Gasteiger partial charge in [0.2, 0.25) is 70.9 Å². The van der Waals surface area contributed by atoms with Crippen LogP contribution in [0.2, 0.25) is 0 Å². The molecule has 29 heteroatoms. The van der Waals surface area contributed by atoms with E-state index in [0.29, 0.717) is 58.0 Å². The number of amides is 12. The van der Waals surface area contributed by atoms with Crippen LogP contribution >= 0.6 is 11.6 Å². The van der Waals surface area contributed by atoms with Gasteiger partial charge in [-0.2, -0.15) is 13.2 Å². The van der Waals surface area contributed by atoms with Crippen LogP contribution in [0, 0.1) is 35.5 Å². The van der Waals surface area contributed by atoms with E-state index in [1.54, 1.807) is 11.8 Å².